The minimum Gasteiger partial charge on any atom is -0.497 e. The summed E-state index contributed by atoms with van der Waals surface area (Å²) in [4.78, 5) is 16.8. The molecule has 0 aliphatic rings. The molecule has 2 rings (SSSR count). The average molecular weight is 286 g/mol. The maximum absolute atomic E-state index is 10.6. The first-order valence-corrected chi connectivity index (χ1v) is 6.62. The molecule has 0 saturated heterocycles. The van der Waals surface area contributed by atoms with Crippen molar-refractivity contribution in [2.75, 3.05) is 32.2 Å². The summed E-state index contributed by atoms with van der Waals surface area (Å²) in [7, 11) is 3.58. The number of carbonyl (C=O) groups excluding carboxylic acids is 1. The number of aldehydes is 1. The molecule has 1 heterocycles. The highest BCUT2D eigenvalue weighted by molar-refractivity contribution is 5.74. The fourth-order valence-electron chi connectivity index (χ4n) is 1.79. The second kappa shape index (κ2) is 7.28. The van der Waals surface area contributed by atoms with Crippen LogP contribution in [0.1, 0.15) is 10.4 Å². The number of nitrogens with zero attached hydrogens (tertiary/aromatic N) is 2. The number of rotatable bonds is 7. The number of likely N-dealkylation sites (N-methyl/N-ethyl adjacent to an activating group) is 1. The van der Waals surface area contributed by atoms with Crippen LogP contribution in [0.3, 0.4) is 0 Å². The van der Waals surface area contributed by atoms with Crippen molar-refractivity contribution < 1.29 is 14.3 Å². The Kier molecular flexibility index (Phi) is 5.15. The number of carbonyl (C=O) groups is 1. The molecule has 1 aromatic heterocycles. The van der Waals surface area contributed by atoms with Gasteiger partial charge in [-0.2, -0.15) is 0 Å². The van der Waals surface area contributed by atoms with E-state index in [0.29, 0.717) is 18.7 Å². The van der Waals surface area contributed by atoms with E-state index in [1.165, 1.54) is 0 Å². The Morgan fingerprint density at radius 3 is 2.62 bits per heavy atom. The second-order valence-corrected chi connectivity index (χ2v) is 4.51. The quantitative estimate of drug-likeness (QED) is 0.732. The molecule has 0 amide bonds. The summed E-state index contributed by atoms with van der Waals surface area (Å²) < 4.78 is 10.8. The van der Waals surface area contributed by atoms with Crippen molar-refractivity contribution in [3.8, 4) is 11.5 Å². The van der Waals surface area contributed by atoms with Gasteiger partial charge in [0.2, 0.25) is 0 Å². The Labute approximate surface area is 124 Å². The number of anilines is 1. The molecule has 5 nitrogen and oxygen atoms in total. The standard InChI is InChI=1S/C16H18N2O3/c1-18(16-11-15(20-2)7-8-17-16)9-10-21-14-5-3-13(12-19)4-6-14/h3-8,11-12H,9-10H2,1-2H3. The summed E-state index contributed by atoms with van der Waals surface area (Å²) in [6.45, 7) is 1.21. The van der Waals surface area contributed by atoms with E-state index in [1.807, 2.05) is 24.1 Å². The number of hydrogen-bond donors (Lipinski definition) is 0. The molecule has 0 spiro atoms. The van der Waals surface area contributed by atoms with Crippen LogP contribution in [0, 0.1) is 0 Å². The predicted molar refractivity (Wildman–Crippen MR) is 81.4 cm³/mol. The van der Waals surface area contributed by atoms with Gasteiger partial charge in [0.15, 0.2) is 0 Å². The fraction of sp³-hybridized carbons (Fsp3) is 0.250. The molecule has 2 aromatic rings. The highest BCUT2D eigenvalue weighted by Crippen LogP contribution is 2.17. The molecule has 21 heavy (non-hydrogen) atoms. The van der Waals surface area contributed by atoms with Crippen molar-refractivity contribution in [1.29, 1.82) is 0 Å². The lowest BCUT2D eigenvalue weighted by Gasteiger charge is -2.18. The van der Waals surface area contributed by atoms with E-state index < -0.39 is 0 Å². The third kappa shape index (κ3) is 4.21. The Morgan fingerprint density at radius 1 is 1.19 bits per heavy atom. The van der Waals surface area contributed by atoms with Gasteiger partial charge in [-0.05, 0) is 30.3 Å². The van der Waals surface area contributed by atoms with Gasteiger partial charge in [0.1, 0.15) is 30.2 Å². The number of methoxy groups -OCH3 is 1. The molecule has 0 unspecified atom stereocenters. The third-order valence-corrected chi connectivity index (χ3v) is 3.06. The Bertz CT molecular complexity index is 584. The minimum atomic E-state index is 0.524. The molecule has 0 fully saturated rings. The van der Waals surface area contributed by atoms with Crippen LogP contribution in [-0.2, 0) is 0 Å². The van der Waals surface area contributed by atoms with Crippen molar-refractivity contribution in [2.24, 2.45) is 0 Å². The van der Waals surface area contributed by atoms with Gasteiger partial charge in [0.25, 0.3) is 0 Å². The van der Waals surface area contributed by atoms with E-state index in [4.69, 9.17) is 9.47 Å². The van der Waals surface area contributed by atoms with Crippen molar-refractivity contribution in [1.82, 2.24) is 4.98 Å². The lowest BCUT2D eigenvalue weighted by atomic mass is 10.2. The van der Waals surface area contributed by atoms with Crippen molar-refractivity contribution in [3.63, 3.8) is 0 Å². The molecule has 0 atom stereocenters. The summed E-state index contributed by atoms with van der Waals surface area (Å²) in [6, 6.07) is 10.7. The van der Waals surface area contributed by atoms with Gasteiger partial charge < -0.3 is 14.4 Å². The smallest absolute Gasteiger partial charge is 0.150 e. The first kappa shape index (κ1) is 14.8. The monoisotopic (exact) mass is 286 g/mol. The normalized spacial score (nSPS) is 10.0. The molecule has 0 N–H and O–H groups in total. The van der Waals surface area contributed by atoms with Gasteiger partial charge in [0, 0.05) is 24.9 Å². The van der Waals surface area contributed by atoms with Gasteiger partial charge in [-0.25, -0.2) is 4.98 Å². The summed E-state index contributed by atoms with van der Waals surface area (Å²) >= 11 is 0. The van der Waals surface area contributed by atoms with E-state index >= 15 is 0 Å². The Morgan fingerprint density at radius 2 is 1.95 bits per heavy atom. The maximum atomic E-state index is 10.6. The molecular formula is C16H18N2O3. The molecule has 0 saturated carbocycles. The number of hydrogen-bond acceptors (Lipinski definition) is 5. The summed E-state index contributed by atoms with van der Waals surface area (Å²) in [5.74, 6) is 2.35. The number of benzene rings is 1. The van der Waals surface area contributed by atoms with E-state index in [0.717, 1.165) is 23.6 Å². The summed E-state index contributed by atoms with van der Waals surface area (Å²) in [6.07, 6.45) is 2.52. The van der Waals surface area contributed by atoms with Crippen LogP contribution in [0.4, 0.5) is 5.82 Å². The van der Waals surface area contributed by atoms with Crippen LogP contribution < -0.4 is 14.4 Å². The molecule has 0 aliphatic heterocycles. The minimum absolute atomic E-state index is 0.524. The molecular weight excluding hydrogens is 268 g/mol. The summed E-state index contributed by atoms with van der Waals surface area (Å²) in [5.41, 5.74) is 0.639. The molecule has 0 bridgehead atoms. The van der Waals surface area contributed by atoms with Crippen LogP contribution in [0.25, 0.3) is 0 Å². The first-order chi connectivity index (χ1) is 10.2. The molecule has 5 heteroatoms. The Hall–Kier alpha value is -2.56. The zero-order valence-corrected chi connectivity index (χ0v) is 12.2. The highest BCUT2D eigenvalue weighted by Gasteiger charge is 2.04. The predicted octanol–water partition coefficient (Wildman–Crippen LogP) is 2.42. The number of ether oxygens (including phenoxy) is 2. The van der Waals surface area contributed by atoms with Gasteiger partial charge >= 0.3 is 0 Å². The molecule has 110 valence electrons. The SMILES string of the molecule is COc1ccnc(N(C)CCOc2ccc(C=O)cc2)c1. The maximum Gasteiger partial charge on any atom is 0.150 e. The van der Waals surface area contributed by atoms with E-state index in [1.54, 1.807) is 37.6 Å². The van der Waals surface area contributed by atoms with Crippen molar-refractivity contribution in [2.45, 2.75) is 0 Å². The second-order valence-electron chi connectivity index (χ2n) is 4.51. The largest absolute Gasteiger partial charge is 0.497 e. The summed E-state index contributed by atoms with van der Waals surface area (Å²) in [5, 5.41) is 0. The van der Waals surface area contributed by atoms with Gasteiger partial charge in [0.05, 0.1) is 13.7 Å². The Balaban J connectivity index is 1.85. The number of aromatic nitrogens is 1. The van der Waals surface area contributed by atoms with E-state index in [-0.39, 0.29) is 0 Å². The first-order valence-electron chi connectivity index (χ1n) is 6.62. The highest BCUT2D eigenvalue weighted by atomic mass is 16.5. The zero-order valence-electron chi connectivity index (χ0n) is 12.2. The fourth-order valence-corrected chi connectivity index (χ4v) is 1.79. The molecule has 1 aromatic carbocycles. The molecule has 0 radical (unpaired) electrons. The zero-order chi connectivity index (χ0) is 15.1. The average Bonchev–Trinajstić information content (AvgIpc) is 2.55. The van der Waals surface area contributed by atoms with Crippen molar-refractivity contribution in [3.05, 3.63) is 48.2 Å². The molecule has 0 aliphatic carbocycles. The van der Waals surface area contributed by atoms with Crippen LogP contribution >= 0.6 is 0 Å². The van der Waals surface area contributed by atoms with Gasteiger partial charge in [-0.1, -0.05) is 0 Å². The van der Waals surface area contributed by atoms with Crippen LogP contribution in [0.2, 0.25) is 0 Å². The van der Waals surface area contributed by atoms with Crippen LogP contribution in [-0.4, -0.2) is 38.6 Å². The topological polar surface area (TPSA) is 51.7 Å². The third-order valence-electron chi connectivity index (χ3n) is 3.06. The lowest BCUT2D eigenvalue weighted by molar-refractivity contribution is 0.112. The van der Waals surface area contributed by atoms with Crippen LogP contribution in [0.5, 0.6) is 11.5 Å². The van der Waals surface area contributed by atoms with E-state index in [2.05, 4.69) is 4.98 Å². The lowest BCUT2D eigenvalue weighted by Crippen LogP contribution is -2.24. The van der Waals surface area contributed by atoms with Gasteiger partial charge in [-0.15, -0.1) is 0 Å². The van der Waals surface area contributed by atoms with E-state index in [9.17, 15) is 4.79 Å². The van der Waals surface area contributed by atoms with Crippen LogP contribution in [0.15, 0.2) is 42.6 Å². The number of pyridine rings is 1. The van der Waals surface area contributed by atoms with Crippen molar-refractivity contribution >= 4 is 12.1 Å². The van der Waals surface area contributed by atoms with Gasteiger partial charge in [-0.3, -0.25) is 4.79 Å².